The topological polar surface area (TPSA) is 105 Å². The number of nitrogens with one attached hydrogen (secondary N) is 2. The molecule has 0 spiro atoms. The fourth-order valence-corrected chi connectivity index (χ4v) is 4.30. The Morgan fingerprint density at radius 3 is 2.71 bits per heavy atom. The van der Waals surface area contributed by atoms with Gasteiger partial charge >= 0.3 is 0 Å². The summed E-state index contributed by atoms with van der Waals surface area (Å²) in [5.41, 5.74) is 1.69. The van der Waals surface area contributed by atoms with E-state index < -0.39 is 18.3 Å². The van der Waals surface area contributed by atoms with E-state index in [1.807, 2.05) is 13.0 Å². The summed E-state index contributed by atoms with van der Waals surface area (Å²) < 4.78 is 14.4. The summed E-state index contributed by atoms with van der Waals surface area (Å²) in [4.78, 5) is 25.9. The quantitative estimate of drug-likeness (QED) is 0.627. The molecule has 1 heterocycles. The third-order valence-electron chi connectivity index (χ3n) is 5.08. The fourth-order valence-electron chi connectivity index (χ4n) is 3.61. The maximum Gasteiger partial charge on any atom is 0.250 e. The number of aliphatic hydroxyl groups excluding tert-OH is 1. The minimum absolute atomic E-state index is 0.0295. The molecule has 0 fully saturated rings. The van der Waals surface area contributed by atoms with Gasteiger partial charge in [-0.3, -0.25) is 9.59 Å². The van der Waals surface area contributed by atoms with Gasteiger partial charge in [-0.1, -0.05) is 23.2 Å². The van der Waals surface area contributed by atoms with Crippen molar-refractivity contribution in [3.8, 4) is 6.07 Å². The van der Waals surface area contributed by atoms with Crippen LogP contribution in [-0.2, 0) is 16.0 Å². The zero-order chi connectivity index (χ0) is 22.7. The number of carbonyl (C=O) groups is 2. The van der Waals surface area contributed by atoms with Crippen LogP contribution < -0.4 is 10.6 Å². The molecule has 31 heavy (non-hydrogen) atoms. The van der Waals surface area contributed by atoms with Gasteiger partial charge in [0.2, 0.25) is 11.8 Å². The van der Waals surface area contributed by atoms with Crippen LogP contribution in [0.2, 0.25) is 10.0 Å². The van der Waals surface area contributed by atoms with Crippen LogP contribution in [0.5, 0.6) is 0 Å². The first kappa shape index (κ1) is 22.8. The molecule has 1 unspecified atom stereocenters. The van der Waals surface area contributed by atoms with Crippen LogP contribution in [0.4, 0.5) is 15.8 Å². The Kier molecular flexibility index (Phi) is 7.01. The second-order valence-electron chi connectivity index (χ2n) is 7.02. The van der Waals surface area contributed by atoms with Gasteiger partial charge < -0.3 is 20.6 Å². The number of hydrogen-bond donors (Lipinski definition) is 3. The van der Waals surface area contributed by atoms with Gasteiger partial charge in [-0.05, 0) is 48.7 Å². The van der Waals surface area contributed by atoms with E-state index in [0.29, 0.717) is 23.0 Å². The van der Waals surface area contributed by atoms with Crippen molar-refractivity contribution in [2.45, 2.75) is 19.4 Å². The number of amides is 2. The number of anilines is 2. The normalized spacial score (nSPS) is 15.1. The zero-order valence-corrected chi connectivity index (χ0v) is 18.0. The first-order valence-electron chi connectivity index (χ1n) is 9.40. The number of aliphatic hydroxyl groups is 1. The van der Waals surface area contributed by atoms with Crippen molar-refractivity contribution in [3.63, 3.8) is 0 Å². The SMILES string of the molecule is CC1c2c(Cl)cc(Cl)cc2CCN1C(=O)CNc1cc(NC(=O)CO)c(C#N)cc1F. The number of nitrogens with zero attached hydrogens (tertiary/aromatic N) is 2. The van der Waals surface area contributed by atoms with Gasteiger partial charge in [0.1, 0.15) is 18.5 Å². The Bertz CT molecular complexity index is 1090. The lowest BCUT2D eigenvalue weighted by Gasteiger charge is -2.36. The number of rotatable bonds is 5. The predicted molar refractivity (Wildman–Crippen MR) is 116 cm³/mol. The Morgan fingerprint density at radius 1 is 1.29 bits per heavy atom. The average molecular weight is 465 g/mol. The molecule has 1 aliphatic heterocycles. The molecule has 7 nitrogen and oxygen atoms in total. The highest BCUT2D eigenvalue weighted by Gasteiger charge is 2.29. The van der Waals surface area contributed by atoms with E-state index in [1.165, 1.54) is 6.07 Å². The minimum atomic E-state index is -0.786. The molecule has 2 aromatic rings. The first-order chi connectivity index (χ1) is 14.7. The summed E-state index contributed by atoms with van der Waals surface area (Å²) in [7, 11) is 0. The highest BCUT2D eigenvalue weighted by Crippen LogP contribution is 2.37. The fraction of sp³-hybridized carbons (Fsp3) is 0.286. The van der Waals surface area contributed by atoms with Crippen molar-refractivity contribution < 1.29 is 19.1 Å². The molecule has 162 valence electrons. The van der Waals surface area contributed by atoms with Gasteiger partial charge in [-0.25, -0.2) is 4.39 Å². The molecule has 1 aliphatic rings. The van der Waals surface area contributed by atoms with Gasteiger partial charge in [0.15, 0.2) is 0 Å². The molecule has 0 radical (unpaired) electrons. The Labute approximate surface area is 188 Å². The van der Waals surface area contributed by atoms with Gasteiger partial charge in [0.05, 0.1) is 29.5 Å². The zero-order valence-electron chi connectivity index (χ0n) is 16.5. The lowest BCUT2D eigenvalue weighted by atomic mass is 9.93. The average Bonchev–Trinajstić information content (AvgIpc) is 2.72. The number of halogens is 3. The maximum atomic E-state index is 14.4. The highest BCUT2D eigenvalue weighted by molar-refractivity contribution is 6.35. The van der Waals surface area contributed by atoms with Crippen molar-refractivity contribution in [1.29, 1.82) is 5.26 Å². The predicted octanol–water partition coefficient (Wildman–Crippen LogP) is 3.49. The van der Waals surface area contributed by atoms with Gasteiger partial charge in [0.25, 0.3) is 0 Å². The van der Waals surface area contributed by atoms with Crippen LogP contribution in [0.3, 0.4) is 0 Å². The van der Waals surface area contributed by atoms with Crippen molar-refractivity contribution in [2.75, 3.05) is 30.3 Å². The summed E-state index contributed by atoms with van der Waals surface area (Å²) in [6.07, 6.45) is 0.592. The molecule has 2 amide bonds. The maximum absolute atomic E-state index is 14.4. The molecule has 10 heteroatoms. The van der Waals surface area contributed by atoms with E-state index in [1.54, 1.807) is 17.0 Å². The number of benzene rings is 2. The molecule has 1 atom stereocenters. The Hall–Kier alpha value is -2.86. The molecular weight excluding hydrogens is 446 g/mol. The van der Waals surface area contributed by atoms with E-state index in [0.717, 1.165) is 17.2 Å². The van der Waals surface area contributed by atoms with Crippen LogP contribution in [-0.4, -0.2) is 41.5 Å². The van der Waals surface area contributed by atoms with Crippen LogP contribution in [0, 0.1) is 17.1 Å². The molecule has 0 bridgehead atoms. The van der Waals surface area contributed by atoms with Crippen molar-refractivity contribution in [1.82, 2.24) is 4.90 Å². The first-order valence-corrected chi connectivity index (χ1v) is 10.2. The minimum Gasteiger partial charge on any atom is -0.387 e. The van der Waals surface area contributed by atoms with E-state index >= 15 is 0 Å². The number of nitriles is 1. The van der Waals surface area contributed by atoms with Gasteiger partial charge in [0, 0.05) is 16.6 Å². The van der Waals surface area contributed by atoms with Crippen LogP contribution in [0.25, 0.3) is 0 Å². The number of carbonyl (C=O) groups excluding carboxylic acids is 2. The second kappa shape index (κ2) is 9.52. The standard InChI is InChI=1S/C21H19Cl2FN4O3/c1-11-21-12(4-14(22)6-15(21)23)2-3-28(11)20(31)9-26-18-7-17(27-19(30)10-29)13(8-25)5-16(18)24/h4-7,11,26,29H,2-3,9-10H2,1H3,(H,27,30). The number of hydrogen-bond acceptors (Lipinski definition) is 5. The van der Waals surface area contributed by atoms with Crippen molar-refractivity contribution in [2.24, 2.45) is 0 Å². The summed E-state index contributed by atoms with van der Waals surface area (Å²) in [5, 5.41) is 24.1. The lowest BCUT2D eigenvalue weighted by molar-refractivity contribution is -0.131. The lowest BCUT2D eigenvalue weighted by Crippen LogP contribution is -2.42. The second-order valence-corrected chi connectivity index (χ2v) is 7.87. The van der Waals surface area contributed by atoms with Crippen LogP contribution in [0.15, 0.2) is 24.3 Å². The van der Waals surface area contributed by atoms with Gasteiger partial charge in [-0.15, -0.1) is 0 Å². The molecule has 0 aromatic heterocycles. The summed E-state index contributed by atoms with van der Waals surface area (Å²) in [6.45, 7) is 1.33. The van der Waals surface area contributed by atoms with Gasteiger partial charge in [-0.2, -0.15) is 5.26 Å². The molecular formula is C21H19Cl2FN4O3. The number of fused-ring (bicyclic) bond motifs is 1. The summed E-state index contributed by atoms with van der Waals surface area (Å²) in [5.74, 6) is -1.77. The molecule has 0 aliphatic carbocycles. The van der Waals surface area contributed by atoms with E-state index in [4.69, 9.17) is 33.6 Å². The monoisotopic (exact) mass is 464 g/mol. The smallest absolute Gasteiger partial charge is 0.250 e. The largest absolute Gasteiger partial charge is 0.387 e. The van der Waals surface area contributed by atoms with E-state index in [-0.39, 0.29) is 35.4 Å². The van der Waals surface area contributed by atoms with E-state index in [2.05, 4.69) is 10.6 Å². The van der Waals surface area contributed by atoms with Crippen LogP contribution >= 0.6 is 23.2 Å². The Balaban J connectivity index is 1.75. The third kappa shape index (κ3) is 4.90. The summed E-state index contributed by atoms with van der Waals surface area (Å²) in [6, 6.07) is 7.13. The van der Waals surface area contributed by atoms with Crippen LogP contribution in [0.1, 0.15) is 29.7 Å². The highest BCUT2D eigenvalue weighted by atomic mass is 35.5. The third-order valence-corrected chi connectivity index (χ3v) is 5.61. The van der Waals surface area contributed by atoms with E-state index in [9.17, 15) is 14.0 Å². The Morgan fingerprint density at radius 2 is 2.03 bits per heavy atom. The van der Waals surface area contributed by atoms with Crippen molar-refractivity contribution >= 4 is 46.4 Å². The molecule has 3 rings (SSSR count). The molecule has 3 N–H and O–H groups in total. The molecule has 0 saturated carbocycles. The molecule has 2 aromatic carbocycles. The molecule has 0 saturated heterocycles. The summed E-state index contributed by atoms with van der Waals surface area (Å²) >= 11 is 12.4. The van der Waals surface area contributed by atoms with Crippen molar-refractivity contribution in [3.05, 3.63) is 56.8 Å².